The first kappa shape index (κ1) is 9.05. The Bertz CT molecular complexity index is 446. The first-order chi connectivity index (χ1) is 6.36. The van der Waals surface area contributed by atoms with Gasteiger partial charge in [0.15, 0.2) is 9.27 Å². The van der Waals surface area contributed by atoms with Gasteiger partial charge in [-0.2, -0.15) is 4.37 Å². The summed E-state index contributed by atoms with van der Waals surface area (Å²) in [7, 11) is 3.00. The van der Waals surface area contributed by atoms with E-state index in [-0.39, 0.29) is 0 Å². The van der Waals surface area contributed by atoms with Gasteiger partial charge in [0.1, 0.15) is 0 Å². The fourth-order valence-corrected chi connectivity index (χ4v) is 3.47. The van der Waals surface area contributed by atoms with Gasteiger partial charge in [-0.1, -0.05) is 18.2 Å². The second kappa shape index (κ2) is 4.13. The number of rotatable bonds is 1. The number of para-hydroxylation sites is 1. The normalized spacial score (nSPS) is 11.9. The number of hydrogen-bond acceptors (Lipinski definition) is 4. The summed E-state index contributed by atoms with van der Waals surface area (Å²) in [6, 6.07) is 9.85. The molecular formula is C8H5BrN2S2. The Morgan fingerprint density at radius 2 is 2.00 bits per heavy atom. The molecule has 1 heterocycles. The van der Waals surface area contributed by atoms with E-state index in [1.807, 2.05) is 30.3 Å². The molecule has 0 aliphatic carbocycles. The van der Waals surface area contributed by atoms with Crippen molar-refractivity contribution < 1.29 is 0 Å². The molecule has 0 radical (unpaired) electrons. The molecule has 66 valence electrons. The topological polar surface area (TPSA) is 25.2 Å². The van der Waals surface area contributed by atoms with Crippen LogP contribution < -0.4 is 4.67 Å². The van der Waals surface area contributed by atoms with Crippen molar-refractivity contribution in [3.8, 4) is 0 Å². The average molecular weight is 273 g/mol. The van der Waals surface area contributed by atoms with Crippen molar-refractivity contribution in [1.29, 1.82) is 0 Å². The van der Waals surface area contributed by atoms with Crippen molar-refractivity contribution in [3.05, 3.63) is 39.6 Å². The van der Waals surface area contributed by atoms with E-state index in [2.05, 4.69) is 25.3 Å². The van der Waals surface area contributed by atoms with E-state index in [4.69, 9.17) is 0 Å². The lowest BCUT2D eigenvalue weighted by Gasteiger charge is -1.88. The minimum Gasteiger partial charge on any atom is -0.234 e. The highest BCUT2D eigenvalue weighted by atomic mass is 79.9. The maximum absolute atomic E-state index is 4.42. The third-order valence-electron chi connectivity index (χ3n) is 1.40. The van der Waals surface area contributed by atoms with Gasteiger partial charge in [-0.05, 0) is 38.4 Å². The van der Waals surface area contributed by atoms with E-state index in [0.29, 0.717) is 0 Å². The van der Waals surface area contributed by atoms with Gasteiger partial charge in [0.2, 0.25) is 0 Å². The summed E-state index contributed by atoms with van der Waals surface area (Å²) in [4.78, 5) is 4.42. The molecule has 0 atom stereocenters. The van der Waals surface area contributed by atoms with Crippen molar-refractivity contribution in [2.45, 2.75) is 0 Å². The fourth-order valence-electron chi connectivity index (χ4n) is 0.845. The smallest absolute Gasteiger partial charge is 0.162 e. The van der Waals surface area contributed by atoms with Crippen LogP contribution in [0.5, 0.6) is 0 Å². The largest absolute Gasteiger partial charge is 0.234 e. The van der Waals surface area contributed by atoms with Crippen LogP contribution in [-0.2, 0) is 0 Å². The fraction of sp³-hybridized carbons (Fsp3) is 0. The highest BCUT2D eigenvalue weighted by Crippen LogP contribution is 2.12. The van der Waals surface area contributed by atoms with Crippen LogP contribution >= 0.6 is 36.8 Å². The molecule has 0 amide bonds. The number of benzene rings is 1. The van der Waals surface area contributed by atoms with Crippen molar-refractivity contribution in [2.24, 2.45) is 4.99 Å². The molecule has 0 N–H and O–H groups in total. The molecule has 2 rings (SSSR count). The van der Waals surface area contributed by atoms with Crippen LogP contribution in [0.3, 0.4) is 0 Å². The average Bonchev–Trinajstić information content (AvgIpc) is 2.54. The Kier molecular flexibility index (Phi) is 2.87. The third kappa shape index (κ3) is 2.24. The van der Waals surface area contributed by atoms with Crippen LogP contribution in [0.2, 0.25) is 0 Å². The molecule has 1 aromatic carbocycles. The van der Waals surface area contributed by atoms with Crippen molar-refractivity contribution in [1.82, 2.24) is 4.37 Å². The molecule has 2 aromatic rings. The van der Waals surface area contributed by atoms with Gasteiger partial charge in [-0.15, -0.1) is 0 Å². The standard InChI is InChI=1S/C8H5BrN2S2/c9-7-8(12-13-11-7)10-6-4-2-1-3-5-6/h1-5H/b10-8+. The zero-order valence-electron chi connectivity index (χ0n) is 6.48. The van der Waals surface area contributed by atoms with Crippen LogP contribution in [0.1, 0.15) is 0 Å². The van der Waals surface area contributed by atoms with E-state index in [1.165, 1.54) is 10.5 Å². The molecule has 0 spiro atoms. The van der Waals surface area contributed by atoms with E-state index < -0.39 is 0 Å². The monoisotopic (exact) mass is 272 g/mol. The summed E-state index contributed by atoms with van der Waals surface area (Å²) in [5.74, 6) is 0. The second-order valence-corrected chi connectivity index (χ2v) is 4.88. The number of aromatic nitrogens is 1. The molecule has 0 saturated carbocycles. The Labute approximate surface area is 91.3 Å². The van der Waals surface area contributed by atoms with E-state index in [0.717, 1.165) is 15.0 Å². The summed E-state index contributed by atoms with van der Waals surface area (Å²) in [6.07, 6.45) is 0. The van der Waals surface area contributed by atoms with Crippen LogP contribution in [0.4, 0.5) is 5.69 Å². The summed E-state index contributed by atoms with van der Waals surface area (Å²) in [5, 5.41) is 0. The van der Waals surface area contributed by atoms with Crippen LogP contribution in [-0.4, -0.2) is 4.37 Å². The first-order valence-corrected chi connectivity index (χ1v) is 6.47. The third-order valence-corrected chi connectivity index (χ3v) is 4.14. The van der Waals surface area contributed by atoms with Gasteiger partial charge >= 0.3 is 0 Å². The lowest BCUT2D eigenvalue weighted by Crippen LogP contribution is -1.92. The lowest BCUT2D eigenvalue weighted by molar-refractivity contribution is 1.33. The maximum atomic E-state index is 4.42. The molecular weight excluding hydrogens is 268 g/mol. The molecule has 0 aliphatic heterocycles. The lowest BCUT2D eigenvalue weighted by atomic mass is 10.3. The van der Waals surface area contributed by atoms with Crippen LogP contribution in [0.15, 0.2) is 39.9 Å². The Morgan fingerprint density at radius 1 is 1.23 bits per heavy atom. The molecule has 2 nitrogen and oxygen atoms in total. The van der Waals surface area contributed by atoms with Gasteiger partial charge in [-0.3, -0.25) is 0 Å². The summed E-state index contributed by atoms with van der Waals surface area (Å²) < 4.78 is 5.85. The SMILES string of the molecule is Brc1nss/c1=N/c1ccccc1. The molecule has 5 heteroatoms. The molecule has 0 bridgehead atoms. The van der Waals surface area contributed by atoms with Crippen LogP contribution in [0, 0.1) is 0 Å². The number of hydrogen-bond donors (Lipinski definition) is 0. The Hall–Kier alpha value is -0.520. The predicted molar refractivity (Wildman–Crippen MR) is 59.4 cm³/mol. The number of halogens is 1. The second-order valence-electron chi connectivity index (χ2n) is 2.29. The minimum atomic E-state index is 0.825. The minimum absolute atomic E-state index is 0.825. The van der Waals surface area contributed by atoms with Gasteiger partial charge in [0.05, 0.1) is 5.69 Å². The van der Waals surface area contributed by atoms with Gasteiger partial charge in [0, 0.05) is 10.5 Å². The quantitative estimate of drug-likeness (QED) is 0.732. The molecule has 13 heavy (non-hydrogen) atoms. The summed E-state index contributed by atoms with van der Waals surface area (Å²) in [5.41, 5.74) is 0.958. The maximum Gasteiger partial charge on any atom is 0.162 e. The first-order valence-electron chi connectivity index (χ1n) is 3.57. The zero-order valence-corrected chi connectivity index (χ0v) is 9.69. The van der Waals surface area contributed by atoms with Gasteiger partial charge in [0.25, 0.3) is 0 Å². The molecule has 0 fully saturated rings. The highest BCUT2D eigenvalue weighted by molar-refractivity contribution is 9.10. The van der Waals surface area contributed by atoms with Crippen molar-refractivity contribution >= 4 is 42.5 Å². The molecule has 0 unspecified atom stereocenters. The van der Waals surface area contributed by atoms with E-state index in [9.17, 15) is 0 Å². The van der Waals surface area contributed by atoms with Crippen molar-refractivity contribution in [2.75, 3.05) is 0 Å². The van der Waals surface area contributed by atoms with E-state index in [1.54, 1.807) is 10.3 Å². The number of nitrogens with zero attached hydrogens (tertiary/aromatic N) is 2. The van der Waals surface area contributed by atoms with Crippen LogP contribution in [0.25, 0.3) is 0 Å². The predicted octanol–water partition coefficient (Wildman–Crippen LogP) is 3.20. The highest BCUT2D eigenvalue weighted by Gasteiger charge is 1.95. The Morgan fingerprint density at radius 3 is 2.62 bits per heavy atom. The summed E-state index contributed by atoms with van der Waals surface area (Å²) >= 11 is 3.34. The molecule has 0 aliphatic rings. The van der Waals surface area contributed by atoms with Gasteiger partial charge in [-0.25, -0.2) is 4.99 Å². The van der Waals surface area contributed by atoms with E-state index >= 15 is 0 Å². The van der Waals surface area contributed by atoms with Gasteiger partial charge < -0.3 is 0 Å². The zero-order chi connectivity index (χ0) is 9.10. The Balaban J connectivity index is 2.48. The van der Waals surface area contributed by atoms with Crippen molar-refractivity contribution in [3.63, 3.8) is 0 Å². The molecule has 0 saturated heterocycles. The summed E-state index contributed by atoms with van der Waals surface area (Å²) in [6.45, 7) is 0. The molecule has 1 aromatic heterocycles.